The zero-order valence-corrected chi connectivity index (χ0v) is 19.9. The molecule has 0 saturated heterocycles. The van der Waals surface area contributed by atoms with Crippen LogP contribution in [0.5, 0.6) is 17.2 Å². The van der Waals surface area contributed by atoms with Crippen molar-refractivity contribution in [3.8, 4) is 17.2 Å². The number of fused-ring (bicyclic) bond motifs is 1. The summed E-state index contributed by atoms with van der Waals surface area (Å²) in [6.07, 6.45) is 0.947. The van der Waals surface area contributed by atoms with Crippen LogP contribution < -0.4 is 24.8 Å². The van der Waals surface area contributed by atoms with E-state index in [4.69, 9.17) is 14.2 Å². The maximum Gasteiger partial charge on any atom is 0.203 e. The molecule has 0 spiro atoms. The summed E-state index contributed by atoms with van der Waals surface area (Å²) in [7, 11) is 4.73. The smallest absolute Gasteiger partial charge is 0.203 e. The highest BCUT2D eigenvalue weighted by Gasteiger charge is 2.36. The maximum absolute atomic E-state index is 13.7. The molecule has 0 aromatic heterocycles. The second-order valence-electron chi connectivity index (χ2n) is 8.68. The molecule has 7 heteroatoms. The van der Waals surface area contributed by atoms with Crippen LogP contribution in [0.3, 0.4) is 0 Å². The van der Waals surface area contributed by atoms with Gasteiger partial charge in [0.2, 0.25) is 5.75 Å². The summed E-state index contributed by atoms with van der Waals surface area (Å²) in [5, 5.41) is 7.03. The number of anilines is 2. The second-order valence-corrected chi connectivity index (χ2v) is 8.68. The number of halogens is 1. The quantitative estimate of drug-likeness (QED) is 0.485. The van der Waals surface area contributed by atoms with Crippen molar-refractivity contribution in [2.75, 3.05) is 32.0 Å². The molecule has 2 aliphatic rings. The average molecular weight is 475 g/mol. The predicted octanol–water partition coefficient (Wildman–Crippen LogP) is 5.83. The zero-order valence-electron chi connectivity index (χ0n) is 19.9. The molecule has 35 heavy (non-hydrogen) atoms. The van der Waals surface area contributed by atoms with Crippen LogP contribution >= 0.6 is 0 Å². The lowest BCUT2D eigenvalue weighted by molar-refractivity contribution is -0.116. The van der Waals surface area contributed by atoms with Gasteiger partial charge in [0.25, 0.3) is 0 Å². The Morgan fingerprint density at radius 3 is 2.11 bits per heavy atom. The van der Waals surface area contributed by atoms with Crippen LogP contribution in [0.4, 0.5) is 15.8 Å². The normalized spacial score (nSPS) is 19.0. The Morgan fingerprint density at radius 2 is 1.49 bits per heavy atom. The number of methoxy groups -OCH3 is 3. The molecule has 2 atom stereocenters. The Kier molecular flexibility index (Phi) is 6.07. The van der Waals surface area contributed by atoms with E-state index in [-0.39, 0.29) is 17.5 Å². The lowest BCUT2D eigenvalue weighted by Gasteiger charge is -2.30. The third kappa shape index (κ3) is 4.18. The van der Waals surface area contributed by atoms with Gasteiger partial charge in [-0.2, -0.15) is 0 Å². The Bertz CT molecular complexity index is 1280. The van der Waals surface area contributed by atoms with E-state index in [2.05, 4.69) is 10.6 Å². The maximum atomic E-state index is 13.7. The molecule has 0 radical (unpaired) electrons. The molecule has 0 saturated carbocycles. The molecule has 0 fully saturated rings. The van der Waals surface area contributed by atoms with Crippen LogP contribution in [-0.2, 0) is 4.79 Å². The molecule has 2 N–H and O–H groups in total. The SMILES string of the molecule is COc1cc([C@@H]2CC(=O)C3=C(C2)Nc2ccccc2N[C@H]3c2ccc(F)cc2)cc(OC)c1OC. The van der Waals surface area contributed by atoms with E-state index in [0.29, 0.717) is 35.7 Å². The van der Waals surface area contributed by atoms with Crippen LogP contribution in [0, 0.1) is 5.82 Å². The first kappa shape index (κ1) is 22.8. The number of hydrogen-bond acceptors (Lipinski definition) is 6. The fourth-order valence-corrected chi connectivity index (χ4v) is 4.97. The van der Waals surface area contributed by atoms with E-state index >= 15 is 0 Å². The molecule has 180 valence electrons. The lowest BCUT2D eigenvalue weighted by atomic mass is 9.78. The number of benzene rings is 3. The number of allylic oxidation sites excluding steroid dienone is 1. The van der Waals surface area contributed by atoms with Gasteiger partial charge >= 0.3 is 0 Å². The van der Waals surface area contributed by atoms with E-state index < -0.39 is 6.04 Å². The Hall–Kier alpha value is -4.00. The Labute approximate surface area is 203 Å². The van der Waals surface area contributed by atoms with Crippen molar-refractivity contribution in [3.63, 3.8) is 0 Å². The third-order valence-electron chi connectivity index (χ3n) is 6.67. The Balaban J connectivity index is 1.59. The van der Waals surface area contributed by atoms with Gasteiger partial charge in [-0.3, -0.25) is 4.79 Å². The van der Waals surface area contributed by atoms with Crippen molar-refractivity contribution in [2.45, 2.75) is 24.8 Å². The summed E-state index contributed by atoms with van der Waals surface area (Å²) >= 11 is 0. The minimum Gasteiger partial charge on any atom is -0.493 e. The summed E-state index contributed by atoms with van der Waals surface area (Å²) in [5.74, 6) is 1.27. The third-order valence-corrected chi connectivity index (χ3v) is 6.67. The standard InChI is InChI=1S/C28H27FN2O4/c1-33-24-14-18(15-25(34-2)28(24)35-3)17-12-22-26(23(32)13-17)27(16-8-10-19(29)11-9-16)31-21-7-5-4-6-20(21)30-22/h4-11,14-15,17,27,30-31H,12-13H2,1-3H3/t17-,27-/m0/s1. The topological polar surface area (TPSA) is 68.8 Å². The average Bonchev–Trinajstić information content (AvgIpc) is 3.05. The number of para-hydroxylation sites is 2. The van der Waals surface area contributed by atoms with Crippen molar-refractivity contribution in [2.24, 2.45) is 0 Å². The molecule has 0 amide bonds. The van der Waals surface area contributed by atoms with E-state index in [9.17, 15) is 9.18 Å². The summed E-state index contributed by atoms with van der Waals surface area (Å²) in [6, 6.07) is 17.6. The van der Waals surface area contributed by atoms with Crippen molar-refractivity contribution < 1.29 is 23.4 Å². The van der Waals surface area contributed by atoms with Gasteiger partial charge in [-0.25, -0.2) is 4.39 Å². The largest absolute Gasteiger partial charge is 0.493 e. The summed E-state index contributed by atoms with van der Waals surface area (Å²) in [4.78, 5) is 13.7. The number of carbonyl (C=O) groups is 1. The van der Waals surface area contributed by atoms with Crippen molar-refractivity contribution >= 4 is 17.2 Å². The summed E-state index contributed by atoms with van der Waals surface area (Å²) in [5.41, 5.74) is 5.07. The molecule has 5 rings (SSSR count). The first-order valence-electron chi connectivity index (χ1n) is 11.5. The van der Waals surface area contributed by atoms with Crippen molar-refractivity contribution in [1.29, 1.82) is 0 Å². The van der Waals surface area contributed by atoms with Crippen LogP contribution in [0.25, 0.3) is 0 Å². The zero-order chi connectivity index (χ0) is 24.5. The monoisotopic (exact) mass is 474 g/mol. The van der Waals surface area contributed by atoms with Gasteiger partial charge in [0.05, 0.1) is 38.7 Å². The summed E-state index contributed by atoms with van der Waals surface area (Å²) < 4.78 is 30.2. The van der Waals surface area contributed by atoms with E-state index in [1.165, 1.54) is 12.1 Å². The van der Waals surface area contributed by atoms with Gasteiger partial charge in [0.1, 0.15) is 5.82 Å². The van der Waals surface area contributed by atoms with E-state index in [0.717, 1.165) is 28.2 Å². The highest BCUT2D eigenvalue weighted by atomic mass is 19.1. The van der Waals surface area contributed by atoms with Crippen LogP contribution in [0.1, 0.15) is 35.9 Å². The van der Waals surface area contributed by atoms with Crippen molar-refractivity contribution in [1.82, 2.24) is 0 Å². The Morgan fingerprint density at radius 1 is 0.829 bits per heavy atom. The molecule has 0 bridgehead atoms. The summed E-state index contributed by atoms with van der Waals surface area (Å²) in [6.45, 7) is 0. The molecular formula is C28H27FN2O4. The molecular weight excluding hydrogens is 447 g/mol. The fourth-order valence-electron chi connectivity index (χ4n) is 4.97. The number of rotatable bonds is 5. The number of Topliss-reactive ketones (excluding diaryl/α,β-unsaturated/α-hetero) is 1. The number of nitrogens with one attached hydrogen (secondary N) is 2. The van der Waals surface area contributed by atoms with Crippen molar-refractivity contribution in [3.05, 3.63) is 88.9 Å². The van der Waals surface area contributed by atoms with Gasteiger partial charge in [-0.15, -0.1) is 0 Å². The van der Waals surface area contributed by atoms with Crippen LogP contribution in [-0.4, -0.2) is 27.1 Å². The van der Waals surface area contributed by atoms with Crippen LogP contribution in [0.15, 0.2) is 71.9 Å². The minimum absolute atomic E-state index is 0.0344. The fraction of sp³-hybridized carbons (Fsp3) is 0.250. The number of ketones is 1. The molecule has 3 aromatic rings. The molecule has 3 aromatic carbocycles. The number of ether oxygens (including phenoxy) is 3. The lowest BCUT2D eigenvalue weighted by Crippen LogP contribution is -2.27. The minimum atomic E-state index is -0.393. The molecule has 6 nitrogen and oxygen atoms in total. The molecule has 1 aliphatic heterocycles. The highest BCUT2D eigenvalue weighted by molar-refractivity contribution is 6.01. The molecule has 1 aliphatic carbocycles. The molecule has 0 unspecified atom stereocenters. The van der Waals surface area contributed by atoms with Crippen LogP contribution in [0.2, 0.25) is 0 Å². The van der Waals surface area contributed by atoms with Gasteiger partial charge < -0.3 is 24.8 Å². The predicted molar refractivity (Wildman–Crippen MR) is 133 cm³/mol. The van der Waals surface area contributed by atoms with Gasteiger partial charge in [0.15, 0.2) is 17.3 Å². The van der Waals surface area contributed by atoms with Gasteiger partial charge in [-0.1, -0.05) is 24.3 Å². The van der Waals surface area contributed by atoms with E-state index in [1.807, 2.05) is 36.4 Å². The first-order chi connectivity index (χ1) is 17.0. The highest BCUT2D eigenvalue weighted by Crippen LogP contribution is 2.47. The van der Waals surface area contributed by atoms with Gasteiger partial charge in [-0.05, 0) is 59.9 Å². The van der Waals surface area contributed by atoms with Gasteiger partial charge in [0, 0.05) is 17.7 Å². The second kappa shape index (κ2) is 9.33. The molecule has 1 heterocycles. The number of hydrogen-bond donors (Lipinski definition) is 2. The van der Waals surface area contributed by atoms with E-state index in [1.54, 1.807) is 33.5 Å². The first-order valence-corrected chi connectivity index (χ1v) is 11.5. The number of carbonyl (C=O) groups excluding carboxylic acids is 1.